The Morgan fingerprint density at radius 3 is 2.64 bits per heavy atom. The summed E-state index contributed by atoms with van der Waals surface area (Å²) in [4.78, 5) is 26.3. The number of amides is 3. The first-order chi connectivity index (χ1) is 13.1. The Morgan fingerprint density at radius 2 is 2.00 bits per heavy atom. The van der Waals surface area contributed by atoms with Crippen LogP contribution in [-0.4, -0.2) is 72.0 Å². The third kappa shape index (κ3) is 7.99. The van der Waals surface area contributed by atoms with Gasteiger partial charge in [0.1, 0.15) is 12.7 Å². The van der Waals surface area contributed by atoms with Gasteiger partial charge < -0.3 is 25.0 Å². The Kier molecular flexibility index (Phi) is 8.18. The van der Waals surface area contributed by atoms with E-state index in [4.69, 9.17) is 9.47 Å². The molecular formula is C20H37N3O4Si. The van der Waals surface area contributed by atoms with Crippen LogP contribution in [0.25, 0.3) is 0 Å². The summed E-state index contributed by atoms with van der Waals surface area (Å²) in [5.41, 5.74) is 0.0109. The lowest BCUT2D eigenvalue weighted by Crippen LogP contribution is -2.52. The summed E-state index contributed by atoms with van der Waals surface area (Å²) in [6, 6.07) is 1.27. The first kappa shape index (κ1) is 23.0. The predicted molar refractivity (Wildman–Crippen MR) is 111 cm³/mol. The minimum absolute atomic E-state index is 0.00119. The van der Waals surface area contributed by atoms with Gasteiger partial charge in [0.2, 0.25) is 0 Å². The number of ether oxygens (including phenoxy) is 2. The van der Waals surface area contributed by atoms with Gasteiger partial charge in [-0.2, -0.15) is 0 Å². The first-order valence-corrected chi connectivity index (χ1v) is 12.0. The molecule has 1 aliphatic carbocycles. The van der Waals surface area contributed by atoms with E-state index in [9.17, 15) is 9.59 Å². The van der Waals surface area contributed by atoms with Crippen LogP contribution in [0.15, 0.2) is 0 Å². The number of rotatable bonds is 9. The topological polar surface area (TPSA) is 83.2 Å². The molecule has 2 fully saturated rings. The Hall–Kier alpha value is -1.28. The van der Waals surface area contributed by atoms with Gasteiger partial charge in [-0.05, 0) is 36.5 Å². The molecule has 0 spiro atoms. The molecule has 8 heteroatoms. The van der Waals surface area contributed by atoms with Crippen LogP contribution in [0.4, 0.5) is 9.59 Å². The lowest BCUT2D eigenvalue weighted by atomic mass is 9.62. The molecule has 7 nitrogen and oxygen atoms in total. The quantitative estimate of drug-likeness (QED) is 0.347. The molecule has 0 aromatic carbocycles. The van der Waals surface area contributed by atoms with Crippen molar-refractivity contribution < 1.29 is 19.1 Å². The number of nitrogens with one attached hydrogen (secondary N) is 2. The molecule has 3 unspecified atom stereocenters. The second-order valence-electron chi connectivity index (χ2n) is 9.49. The fraction of sp³-hybridized carbons (Fsp3) is 0.900. The van der Waals surface area contributed by atoms with Crippen LogP contribution in [0.2, 0.25) is 12.6 Å². The summed E-state index contributed by atoms with van der Waals surface area (Å²) in [7, 11) is 2.79. The molecule has 3 amide bonds. The Morgan fingerprint density at radius 1 is 1.29 bits per heavy atom. The monoisotopic (exact) mass is 411 g/mol. The lowest BCUT2D eigenvalue weighted by molar-refractivity contribution is 0.0672. The van der Waals surface area contributed by atoms with Gasteiger partial charge in [-0.25, -0.2) is 9.59 Å². The fourth-order valence-electron chi connectivity index (χ4n) is 4.42. The number of hydrogen-bond acceptors (Lipinski definition) is 4. The zero-order valence-electron chi connectivity index (χ0n) is 18.1. The molecule has 3 atom stereocenters. The number of epoxide rings is 1. The van der Waals surface area contributed by atoms with Crippen molar-refractivity contribution >= 4 is 21.6 Å². The van der Waals surface area contributed by atoms with Crippen LogP contribution in [0.3, 0.4) is 0 Å². The van der Waals surface area contributed by atoms with Crippen molar-refractivity contribution in [2.24, 2.45) is 10.8 Å². The Balaban J connectivity index is 1.84. The third-order valence-electron chi connectivity index (χ3n) is 5.50. The molecule has 1 aliphatic heterocycles. The molecular weight excluding hydrogens is 374 g/mol. The molecule has 0 aromatic rings. The summed E-state index contributed by atoms with van der Waals surface area (Å²) >= 11 is 0. The van der Waals surface area contributed by atoms with Crippen molar-refractivity contribution in [1.82, 2.24) is 15.5 Å². The van der Waals surface area contributed by atoms with Crippen LogP contribution < -0.4 is 10.6 Å². The van der Waals surface area contributed by atoms with Gasteiger partial charge in [-0.15, -0.1) is 0 Å². The maximum Gasteiger partial charge on any atom is 0.407 e. The summed E-state index contributed by atoms with van der Waals surface area (Å²) in [6.07, 6.45) is 3.51. The number of hydrogen-bond donors (Lipinski definition) is 2. The maximum absolute atomic E-state index is 12.6. The highest BCUT2D eigenvalue weighted by atomic mass is 28.2. The van der Waals surface area contributed by atoms with Gasteiger partial charge in [0.25, 0.3) is 0 Å². The third-order valence-corrected chi connectivity index (χ3v) is 6.35. The molecule has 0 aromatic heterocycles. The van der Waals surface area contributed by atoms with E-state index in [1.807, 2.05) is 7.05 Å². The summed E-state index contributed by atoms with van der Waals surface area (Å²) in [5.74, 6) is 0. The average Bonchev–Trinajstić information content (AvgIpc) is 3.41. The zero-order valence-corrected chi connectivity index (χ0v) is 19.1. The smallest absolute Gasteiger partial charge is 0.407 e. The van der Waals surface area contributed by atoms with Crippen LogP contribution in [-0.2, 0) is 9.47 Å². The van der Waals surface area contributed by atoms with Gasteiger partial charge in [-0.1, -0.05) is 33.4 Å². The highest BCUT2D eigenvalue weighted by molar-refractivity contribution is 6.33. The van der Waals surface area contributed by atoms with Crippen molar-refractivity contribution in [3.05, 3.63) is 0 Å². The molecule has 0 bridgehead atoms. The van der Waals surface area contributed by atoms with Gasteiger partial charge in [-0.3, -0.25) is 0 Å². The van der Waals surface area contributed by atoms with E-state index in [0.29, 0.717) is 19.8 Å². The normalized spacial score (nSPS) is 28.3. The van der Waals surface area contributed by atoms with E-state index in [-0.39, 0.29) is 29.0 Å². The van der Waals surface area contributed by atoms with Gasteiger partial charge >= 0.3 is 12.1 Å². The number of carbonyl (C=O) groups excluding carboxylic acids is 2. The maximum atomic E-state index is 12.6. The van der Waals surface area contributed by atoms with Crippen molar-refractivity contribution in [2.45, 2.75) is 71.2 Å². The van der Waals surface area contributed by atoms with E-state index in [2.05, 4.69) is 38.0 Å². The molecule has 2 aliphatic rings. The van der Waals surface area contributed by atoms with Crippen molar-refractivity contribution in [2.75, 3.05) is 33.4 Å². The highest BCUT2D eigenvalue weighted by Gasteiger charge is 2.42. The fourth-order valence-corrected chi connectivity index (χ4v) is 4.93. The van der Waals surface area contributed by atoms with Crippen LogP contribution in [0, 0.1) is 10.8 Å². The minimum atomic E-state index is -0.392. The van der Waals surface area contributed by atoms with Gasteiger partial charge in [0.15, 0.2) is 0 Å². The van der Waals surface area contributed by atoms with E-state index in [1.54, 1.807) is 4.90 Å². The number of alkyl carbamates (subject to hydrolysis) is 1. The van der Waals surface area contributed by atoms with Crippen molar-refractivity contribution in [3.63, 3.8) is 0 Å². The summed E-state index contributed by atoms with van der Waals surface area (Å²) in [6.45, 7) is 11.2. The van der Waals surface area contributed by atoms with E-state index in [0.717, 1.165) is 41.7 Å². The van der Waals surface area contributed by atoms with Gasteiger partial charge in [0, 0.05) is 35.7 Å². The standard InChI is InChI=1S/C20H37N3O4Si/c1-19(2)9-15(22-17(24)23(4)7-6-8-28-5)10-20(3,13-19)14-21-18(25)27-12-16-11-26-16/h15-16H,6-14H2,1-5H3,(H,21,25)(H,22,24). The van der Waals surface area contributed by atoms with Crippen molar-refractivity contribution in [1.29, 1.82) is 0 Å². The summed E-state index contributed by atoms with van der Waals surface area (Å²) < 4.78 is 10.2. The van der Waals surface area contributed by atoms with E-state index in [1.165, 1.54) is 6.04 Å². The highest BCUT2D eigenvalue weighted by Crippen LogP contribution is 2.45. The molecule has 1 saturated carbocycles. The Bertz CT molecular complexity index is 542. The largest absolute Gasteiger partial charge is 0.447 e. The first-order valence-electron chi connectivity index (χ1n) is 10.3. The van der Waals surface area contributed by atoms with Gasteiger partial charge in [0.05, 0.1) is 6.61 Å². The molecule has 28 heavy (non-hydrogen) atoms. The average molecular weight is 412 g/mol. The number of carbonyl (C=O) groups is 2. The molecule has 1 saturated heterocycles. The van der Waals surface area contributed by atoms with Crippen LogP contribution >= 0.6 is 0 Å². The van der Waals surface area contributed by atoms with Crippen molar-refractivity contribution in [3.8, 4) is 0 Å². The van der Waals surface area contributed by atoms with Crippen LogP contribution in [0.1, 0.15) is 46.5 Å². The Labute approximate surface area is 172 Å². The molecule has 2 radical (unpaired) electrons. The number of nitrogens with zero attached hydrogens (tertiary/aromatic N) is 1. The molecule has 2 N–H and O–H groups in total. The molecule has 1 heterocycles. The second-order valence-corrected chi connectivity index (χ2v) is 10.7. The van der Waals surface area contributed by atoms with E-state index >= 15 is 0 Å². The predicted octanol–water partition coefficient (Wildman–Crippen LogP) is 2.90. The second kappa shape index (κ2) is 9.96. The minimum Gasteiger partial charge on any atom is -0.447 e. The molecule has 2 rings (SSSR count). The summed E-state index contributed by atoms with van der Waals surface area (Å²) in [5, 5.41) is 6.13. The SMILES string of the molecule is C[Si]CCCN(C)C(=O)NC1CC(C)(C)CC(C)(CNC(=O)OCC2CO2)C1. The molecule has 160 valence electrons. The lowest BCUT2D eigenvalue weighted by Gasteiger charge is -2.47. The van der Waals surface area contributed by atoms with E-state index < -0.39 is 6.09 Å². The van der Waals surface area contributed by atoms with Crippen LogP contribution in [0.5, 0.6) is 0 Å². The zero-order chi connectivity index (χ0) is 20.8. The number of urea groups is 1.